The Labute approximate surface area is 128 Å². The lowest BCUT2D eigenvalue weighted by Crippen LogP contribution is -2.18. The molecule has 2 N–H and O–H groups in total. The fourth-order valence-electron chi connectivity index (χ4n) is 2.15. The van der Waals surface area contributed by atoms with Crippen LogP contribution in [-0.4, -0.2) is 16.9 Å². The van der Waals surface area contributed by atoms with Crippen molar-refractivity contribution in [2.75, 3.05) is 7.05 Å². The number of hydrogen-bond donors (Lipinski definition) is 1. The van der Waals surface area contributed by atoms with Gasteiger partial charge in [0.1, 0.15) is 16.6 Å². The molecule has 0 spiro atoms. The first-order valence-electron chi connectivity index (χ1n) is 6.47. The van der Waals surface area contributed by atoms with E-state index in [2.05, 4.69) is 0 Å². The van der Waals surface area contributed by atoms with Crippen molar-refractivity contribution in [2.45, 2.75) is 13.1 Å². The highest BCUT2D eigenvalue weighted by atomic mass is 32.1. The van der Waals surface area contributed by atoms with Crippen LogP contribution in [0.5, 0.6) is 0 Å². The molecule has 21 heavy (non-hydrogen) atoms. The zero-order valence-corrected chi connectivity index (χ0v) is 12.5. The van der Waals surface area contributed by atoms with Gasteiger partial charge in [0.05, 0.1) is 0 Å². The number of hydrogen-bond acceptors (Lipinski definition) is 2. The van der Waals surface area contributed by atoms with Crippen molar-refractivity contribution in [1.29, 1.82) is 0 Å². The van der Waals surface area contributed by atoms with Crippen LogP contribution in [0.2, 0.25) is 0 Å². The van der Waals surface area contributed by atoms with E-state index in [-0.39, 0.29) is 0 Å². The predicted molar refractivity (Wildman–Crippen MR) is 83.9 cm³/mol. The average molecular weight is 306 g/mol. The Kier molecular flexibility index (Phi) is 4.98. The maximum absolute atomic E-state index is 13.6. The third-order valence-electron chi connectivity index (χ3n) is 3.11. The van der Waals surface area contributed by atoms with Crippen LogP contribution in [0.15, 0.2) is 42.5 Å². The molecule has 2 aromatic carbocycles. The number of nitrogens with two attached hydrogens (primary N) is 1. The lowest BCUT2D eigenvalue weighted by atomic mass is 10.1. The van der Waals surface area contributed by atoms with E-state index in [9.17, 15) is 8.78 Å². The largest absolute Gasteiger partial charge is 0.389 e. The van der Waals surface area contributed by atoms with Crippen molar-refractivity contribution < 1.29 is 8.78 Å². The topological polar surface area (TPSA) is 29.3 Å². The second kappa shape index (κ2) is 6.74. The summed E-state index contributed by atoms with van der Waals surface area (Å²) in [5, 5.41) is 0. The summed E-state index contributed by atoms with van der Waals surface area (Å²) in [6, 6.07) is 11.0. The highest BCUT2D eigenvalue weighted by Gasteiger charge is 2.08. The summed E-state index contributed by atoms with van der Waals surface area (Å²) in [6.07, 6.45) is 0. The molecule has 0 aliphatic rings. The third kappa shape index (κ3) is 4.31. The van der Waals surface area contributed by atoms with E-state index in [0.29, 0.717) is 23.6 Å². The van der Waals surface area contributed by atoms with E-state index in [1.807, 2.05) is 36.2 Å². The zero-order valence-electron chi connectivity index (χ0n) is 11.6. The maximum Gasteiger partial charge on any atom is 0.127 e. The van der Waals surface area contributed by atoms with Crippen LogP contribution in [0.1, 0.15) is 16.7 Å². The molecule has 0 bridgehead atoms. The Hall–Kier alpha value is -1.85. The second-order valence-electron chi connectivity index (χ2n) is 4.97. The first-order chi connectivity index (χ1) is 9.95. The van der Waals surface area contributed by atoms with Crippen LogP contribution < -0.4 is 5.73 Å². The SMILES string of the molecule is CN(Cc1cccc(C(N)=S)c1)Cc1cc(F)ccc1F. The van der Waals surface area contributed by atoms with Gasteiger partial charge in [-0.2, -0.15) is 0 Å². The van der Waals surface area contributed by atoms with E-state index < -0.39 is 11.6 Å². The van der Waals surface area contributed by atoms with E-state index >= 15 is 0 Å². The van der Waals surface area contributed by atoms with Gasteiger partial charge in [-0.25, -0.2) is 8.78 Å². The molecule has 0 aliphatic heterocycles. The number of halogens is 2. The van der Waals surface area contributed by atoms with Gasteiger partial charge < -0.3 is 5.73 Å². The summed E-state index contributed by atoms with van der Waals surface area (Å²) in [5.74, 6) is -0.838. The molecule has 0 aromatic heterocycles. The molecule has 0 amide bonds. The van der Waals surface area contributed by atoms with Crippen LogP contribution in [-0.2, 0) is 13.1 Å². The first kappa shape index (κ1) is 15.5. The lowest BCUT2D eigenvalue weighted by molar-refractivity contribution is 0.313. The van der Waals surface area contributed by atoms with Crippen LogP contribution >= 0.6 is 12.2 Å². The standard InChI is InChI=1S/C16H16F2N2S/c1-20(10-13-8-14(17)5-6-15(13)18)9-11-3-2-4-12(7-11)16(19)21/h2-8H,9-10H2,1H3,(H2,19,21). The molecule has 0 saturated carbocycles. The van der Waals surface area contributed by atoms with E-state index in [1.165, 1.54) is 6.07 Å². The number of rotatable bonds is 5. The van der Waals surface area contributed by atoms with Gasteiger partial charge in [0.25, 0.3) is 0 Å². The minimum atomic E-state index is -0.435. The van der Waals surface area contributed by atoms with Crippen molar-refractivity contribution in [1.82, 2.24) is 4.90 Å². The van der Waals surface area contributed by atoms with Crippen LogP contribution in [0.25, 0.3) is 0 Å². The highest BCUT2D eigenvalue weighted by molar-refractivity contribution is 7.80. The minimum absolute atomic E-state index is 0.320. The van der Waals surface area contributed by atoms with Crippen molar-refractivity contribution in [3.63, 3.8) is 0 Å². The van der Waals surface area contributed by atoms with Gasteiger partial charge >= 0.3 is 0 Å². The number of thiocarbonyl (C=S) groups is 1. The minimum Gasteiger partial charge on any atom is -0.389 e. The van der Waals surface area contributed by atoms with Gasteiger partial charge in [-0.3, -0.25) is 4.90 Å². The Morgan fingerprint density at radius 2 is 1.90 bits per heavy atom. The van der Waals surface area contributed by atoms with E-state index in [4.69, 9.17) is 18.0 Å². The summed E-state index contributed by atoms with van der Waals surface area (Å²) < 4.78 is 26.8. The van der Waals surface area contributed by atoms with Crippen LogP contribution in [0, 0.1) is 11.6 Å². The van der Waals surface area contributed by atoms with Crippen LogP contribution in [0.3, 0.4) is 0 Å². The third-order valence-corrected chi connectivity index (χ3v) is 3.35. The molecule has 2 nitrogen and oxygen atoms in total. The molecule has 0 radical (unpaired) electrons. The fourth-order valence-corrected chi connectivity index (χ4v) is 2.27. The van der Waals surface area contributed by atoms with E-state index in [0.717, 1.165) is 23.3 Å². The normalized spacial score (nSPS) is 10.9. The van der Waals surface area contributed by atoms with Gasteiger partial charge in [0, 0.05) is 24.2 Å². The van der Waals surface area contributed by atoms with Gasteiger partial charge in [0.2, 0.25) is 0 Å². The molecule has 0 heterocycles. The first-order valence-corrected chi connectivity index (χ1v) is 6.88. The molecule has 2 rings (SSSR count). The van der Waals surface area contributed by atoms with Crippen LogP contribution in [0.4, 0.5) is 8.78 Å². The van der Waals surface area contributed by atoms with Crippen molar-refractivity contribution in [3.05, 3.63) is 70.8 Å². The average Bonchev–Trinajstić information content (AvgIpc) is 2.43. The molecular weight excluding hydrogens is 290 g/mol. The molecule has 110 valence electrons. The van der Waals surface area contributed by atoms with Crippen molar-refractivity contribution >= 4 is 17.2 Å². The molecule has 2 aromatic rings. The molecule has 0 atom stereocenters. The van der Waals surface area contributed by atoms with Crippen molar-refractivity contribution in [3.8, 4) is 0 Å². The summed E-state index contributed by atoms with van der Waals surface area (Å²) in [7, 11) is 1.85. The second-order valence-corrected chi connectivity index (χ2v) is 5.41. The van der Waals surface area contributed by atoms with Gasteiger partial charge in [-0.15, -0.1) is 0 Å². The van der Waals surface area contributed by atoms with Crippen molar-refractivity contribution in [2.24, 2.45) is 5.73 Å². The maximum atomic E-state index is 13.6. The quantitative estimate of drug-likeness (QED) is 0.860. The summed E-state index contributed by atoms with van der Waals surface area (Å²) in [6.45, 7) is 0.910. The van der Waals surface area contributed by atoms with Gasteiger partial charge in [-0.1, -0.05) is 30.4 Å². The number of benzene rings is 2. The van der Waals surface area contributed by atoms with Gasteiger partial charge in [-0.05, 0) is 36.9 Å². The zero-order chi connectivity index (χ0) is 15.4. The van der Waals surface area contributed by atoms with Gasteiger partial charge in [0.15, 0.2) is 0 Å². The molecule has 0 saturated heterocycles. The smallest absolute Gasteiger partial charge is 0.127 e. The lowest BCUT2D eigenvalue weighted by Gasteiger charge is -2.17. The Bertz CT molecular complexity index is 658. The Balaban J connectivity index is 2.08. The fraction of sp³-hybridized carbons (Fsp3) is 0.188. The monoisotopic (exact) mass is 306 g/mol. The summed E-state index contributed by atoms with van der Waals surface area (Å²) in [5.41, 5.74) is 7.75. The molecule has 0 unspecified atom stereocenters. The number of nitrogens with zero attached hydrogens (tertiary/aromatic N) is 1. The summed E-state index contributed by atoms with van der Waals surface area (Å²) >= 11 is 4.94. The summed E-state index contributed by atoms with van der Waals surface area (Å²) in [4.78, 5) is 2.24. The molecule has 0 fully saturated rings. The Morgan fingerprint density at radius 3 is 2.62 bits per heavy atom. The predicted octanol–water partition coefficient (Wildman–Crippen LogP) is 3.23. The Morgan fingerprint density at radius 1 is 1.14 bits per heavy atom. The molecule has 0 aliphatic carbocycles. The molecule has 5 heteroatoms. The molecular formula is C16H16F2N2S. The highest BCUT2D eigenvalue weighted by Crippen LogP contribution is 2.14. The van der Waals surface area contributed by atoms with E-state index in [1.54, 1.807) is 0 Å².